The second-order valence-corrected chi connectivity index (χ2v) is 8.22. The van der Waals surface area contributed by atoms with Crippen molar-refractivity contribution in [2.24, 2.45) is 15.4 Å². The van der Waals surface area contributed by atoms with Crippen molar-refractivity contribution in [3.8, 4) is 11.3 Å². The lowest BCUT2D eigenvalue weighted by Crippen LogP contribution is -2.41. The molecule has 1 aromatic heterocycles. The van der Waals surface area contributed by atoms with E-state index in [4.69, 9.17) is 9.52 Å². The van der Waals surface area contributed by atoms with Crippen LogP contribution in [0.5, 0.6) is 0 Å². The maximum Gasteiger partial charge on any atom is 0.185 e. The first-order valence-corrected chi connectivity index (χ1v) is 9.98. The molecule has 0 aliphatic carbocycles. The normalized spacial score (nSPS) is 18.2. The van der Waals surface area contributed by atoms with Gasteiger partial charge in [0.1, 0.15) is 17.2 Å². The standard InChI is InChI=1S/C24H28N4O2/c1-6-7-8-19(25-4)22-14-21(27-30-22)17-9-10-18(15-29)20(13-17)26-23-11-12-24(2,3)16-28(23)5/h6-10,13-15H,1,11-12,16H2,2-5H3/b8-7-,25-19?,26-23?. The Morgan fingerprint density at radius 1 is 1.33 bits per heavy atom. The largest absolute Gasteiger partial charge is 0.363 e. The number of aromatic nitrogens is 1. The van der Waals surface area contributed by atoms with Crippen LogP contribution in [-0.2, 0) is 0 Å². The minimum atomic E-state index is 0.263. The Morgan fingerprint density at radius 3 is 2.80 bits per heavy atom. The van der Waals surface area contributed by atoms with Gasteiger partial charge in [-0.15, -0.1) is 0 Å². The van der Waals surface area contributed by atoms with Crippen molar-refractivity contribution in [2.75, 3.05) is 20.6 Å². The first-order chi connectivity index (χ1) is 14.4. The second kappa shape index (κ2) is 9.03. The Morgan fingerprint density at radius 2 is 2.13 bits per heavy atom. The zero-order valence-electron chi connectivity index (χ0n) is 18.1. The SMILES string of the molecule is C=C/C=C\C(=NC)c1cc(-c2ccc(C=O)c(N=C3CCC(C)(C)CN3C)c2)no1. The van der Waals surface area contributed by atoms with Crippen LogP contribution in [0.4, 0.5) is 5.69 Å². The first-order valence-electron chi connectivity index (χ1n) is 9.98. The molecule has 0 amide bonds. The van der Waals surface area contributed by atoms with Crippen molar-refractivity contribution < 1.29 is 9.32 Å². The number of carbonyl (C=O) groups excluding carboxylic acids is 1. The molecule has 0 radical (unpaired) electrons. The van der Waals surface area contributed by atoms with Gasteiger partial charge in [-0.05, 0) is 30.0 Å². The van der Waals surface area contributed by atoms with Crippen molar-refractivity contribution in [1.82, 2.24) is 10.1 Å². The number of carbonyl (C=O) groups is 1. The fourth-order valence-electron chi connectivity index (χ4n) is 3.59. The maximum atomic E-state index is 11.6. The summed E-state index contributed by atoms with van der Waals surface area (Å²) in [6.45, 7) is 9.13. The lowest BCUT2D eigenvalue weighted by Gasteiger charge is -2.38. The zero-order valence-corrected chi connectivity index (χ0v) is 18.1. The van der Waals surface area contributed by atoms with Crippen LogP contribution in [0.1, 0.15) is 42.8 Å². The summed E-state index contributed by atoms with van der Waals surface area (Å²) in [5.41, 5.74) is 3.62. The lowest BCUT2D eigenvalue weighted by atomic mass is 9.84. The minimum Gasteiger partial charge on any atom is -0.363 e. The van der Waals surface area contributed by atoms with Gasteiger partial charge in [-0.3, -0.25) is 9.79 Å². The summed E-state index contributed by atoms with van der Waals surface area (Å²) in [5.74, 6) is 1.55. The van der Waals surface area contributed by atoms with Crippen LogP contribution in [0, 0.1) is 5.41 Å². The van der Waals surface area contributed by atoms with Crippen LogP contribution in [0.25, 0.3) is 11.3 Å². The van der Waals surface area contributed by atoms with Crippen LogP contribution in [-0.4, -0.2) is 48.5 Å². The van der Waals surface area contributed by atoms with E-state index >= 15 is 0 Å². The Hall–Kier alpha value is -3.28. The first kappa shape index (κ1) is 21.4. The van der Waals surface area contributed by atoms with E-state index < -0.39 is 0 Å². The molecule has 0 atom stereocenters. The van der Waals surface area contributed by atoms with E-state index in [0.29, 0.717) is 28.4 Å². The van der Waals surface area contributed by atoms with E-state index in [1.165, 1.54) is 0 Å². The number of benzene rings is 1. The highest BCUT2D eigenvalue weighted by Crippen LogP contribution is 2.32. The molecule has 3 rings (SSSR count). The molecule has 0 bridgehead atoms. The highest BCUT2D eigenvalue weighted by atomic mass is 16.5. The number of hydrogen-bond acceptors (Lipinski definition) is 5. The molecule has 6 heteroatoms. The quantitative estimate of drug-likeness (QED) is 0.382. The molecule has 0 saturated carbocycles. The number of piperidine rings is 1. The third-order valence-corrected chi connectivity index (χ3v) is 5.23. The minimum absolute atomic E-state index is 0.263. The molecular formula is C24H28N4O2. The van der Waals surface area contributed by atoms with E-state index in [2.05, 4.69) is 42.5 Å². The summed E-state index contributed by atoms with van der Waals surface area (Å²) < 4.78 is 5.48. The molecular weight excluding hydrogens is 376 g/mol. The van der Waals surface area contributed by atoms with E-state index in [0.717, 1.165) is 37.1 Å². The predicted octanol–water partition coefficient (Wildman–Crippen LogP) is 5.10. The molecule has 2 heterocycles. The van der Waals surface area contributed by atoms with E-state index in [1.807, 2.05) is 24.3 Å². The van der Waals surface area contributed by atoms with Gasteiger partial charge in [0.05, 0.1) is 5.69 Å². The van der Waals surface area contributed by atoms with Crippen molar-refractivity contribution in [1.29, 1.82) is 0 Å². The average Bonchev–Trinajstić information content (AvgIpc) is 3.20. The van der Waals surface area contributed by atoms with Crippen molar-refractivity contribution in [3.05, 3.63) is 60.4 Å². The van der Waals surface area contributed by atoms with Crippen LogP contribution >= 0.6 is 0 Å². The maximum absolute atomic E-state index is 11.6. The monoisotopic (exact) mass is 404 g/mol. The fraction of sp³-hybridized carbons (Fsp3) is 0.333. The van der Waals surface area contributed by atoms with Crippen molar-refractivity contribution >= 4 is 23.5 Å². The molecule has 1 aliphatic heterocycles. The van der Waals surface area contributed by atoms with E-state index in [-0.39, 0.29) is 5.41 Å². The number of aliphatic imine (C=N–C) groups is 2. The third kappa shape index (κ3) is 4.82. The Kier molecular flexibility index (Phi) is 6.45. The second-order valence-electron chi connectivity index (χ2n) is 8.22. The topological polar surface area (TPSA) is 71.1 Å². The van der Waals surface area contributed by atoms with Gasteiger partial charge < -0.3 is 9.42 Å². The Bertz CT molecular complexity index is 1030. The van der Waals surface area contributed by atoms with Crippen LogP contribution in [0.3, 0.4) is 0 Å². The summed E-state index contributed by atoms with van der Waals surface area (Å²) in [6, 6.07) is 7.34. The summed E-state index contributed by atoms with van der Waals surface area (Å²) >= 11 is 0. The molecule has 1 saturated heterocycles. The summed E-state index contributed by atoms with van der Waals surface area (Å²) in [6.07, 6.45) is 8.06. The van der Waals surface area contributed by atoms with Gasteiger partial charge in [-0.25, -0.2) is 4.99 Å². The van der Waals surface area contributed by atoms with Crippen molar-refractivity contribution in [2.45, 2.75) is 26.7 Å². The molecule has 1 aliphatic rings. The van der Waals surface area contributed by atoms with Crippen LogP contribution in [0.2, 0.25) is 0 Å². The number of hydrogen-bond donors (Lipinski definition) is 0. The lowest BCUT2D eigenvalue weighted by molar-refractivity contribution is 0.112. The highest BCUT2D eigenvalue weighted by molar-refractivity contribution is 6.07. The number of rotatable bonds is 6. The smallest absolute Gasteiger partial charge is 0.185 e. The number of allylic oxidation sites excluding steroid dienone is 3. The molecule has 6 nitrogen and oxygen atoms in total. The number of likely N-dealkylation sites (tertiary alicyclic amines) is 1. The summed E-state index contributed by atoms with van der Waals surface area (Å²) in [4.78, 5) is 22.8. The van der Waals surface area contributed by atoms with E-state index in [1.54, 1.807) is 25.3 Å². The fourth-order valence-corrected chi connectivity index (χ4v) is 3.59. The molecule has 1 fully saturated rings. The van der Waals surface area contributed by atoms with Crippen molar-refractivity contribution in [3.63, 3.8) is 0 Å². The average molecular weight is 405 g/mol. The van der Waals surface area contributed by atoms with Gasteiger partial charge in [0.25, 0.3) is 0 Å². The summed E-state index contributed by atoms with van der Waals surface area (Å²) in [7, 11) is 3.75. The van der Waals surface area contributed by atoms with Gasteiger partial charge in [0, 0.05) is 44.3 Å². The molecule has 0 spiro atoms. The molecule has 2 aromatic rings. The third-order valence-electron chi connectivity index (χ3n) is 5.23. The van der Waals surface area contributed by atoms with E-state index in [9.17, 15) is 4.79 Å². The van der Waals surface area contributed by atoms with Gasteiger partial charge in [0.15, 0.2) is 12.0 Å². The van der Waals surface area contributed by atoms with Gasteiger partial charge in [0.2, 0.25) is 0 Å². The molecule has 0 N–H and O–H groups in total. The highest BCUT2D eigenvalue weighted by Gasteiger charge is 2.28. The Labute approximate surface area is 177 Å². The van der Waals surface area contributed by atoms with Crippen LogP contribution in [0.15, 0.2) is 63.6 Å². The van der Waals surface area contributed by atoms with Gasteiger partial charge in [-0.1, -0.05) is 43.8 Å². The molecule has 0 unspecified atom stereocenters. The molecule has 156 valence electrons. The summed E-state index contributed by atoms with van der Waals surface area (Å²) in [5, 5.41) is 4.18. The number of amidine groups is 1. The van der Waals surface area contributed by atoms with Gasteiger partial charge in [-0.2, -0.15) is 0 Å². The molecule has 30 heavy (non-hydrogen) atoms. The van der Waals surface area contributed by atoms with Gasteiger partial charge >= 0.3 is 0 Å². The number of nitrogens with zero attached hydrogens (tertiary/aromatic N) is 4. The number of aldehydes is 1. The zero-order chi connectivity index (χ0) is 21.7. The predicted molar refractivity (Wildman–Crippen MR) is 122 cm³/mol. The van der Waals surface area contributed by atoms with Crippen LogP contribution < -0.4 is 0 Å². The molecule has 1 aromatic carbocycles. The Balaban J connectivity index is 1.94.